The van der Waals surface area contributed by atoms with Crippen LogP contribution in [0.5, 0.6) is 0 Å². The average Bonchev–Trinajstić information content (AvgIpc) is 2.89. The molecule has 1 aliphatic rings. The zero-order valence-electron chi connectivity index (χ0n) is 13.2. The summed E-state index contributed by atoms with van der Waals surface area (Å²) < 4.78 is 12.6. The van der Waals surface area contributed by atoms with Gasteiger partial charge < -0.3 is 14.0 Å². The average molecular weight is 314 g/mol. The van der Waals surface area contributed by atoms with Crippen molar-refractivity contribution >= 4 is 11.8 Å². The summed E-state index contributed by atoms with van der Waals surface area (Å²) in [6, 6.07) is 0.375. The first-order chi connectivity index (χ1) is 10.3. The van der Waals surface area contributed by atoms with Gasteiger partial charge in [0, 0.05) is 26.5 Å². The molecule has 1 aromatic rings. The van der Waals surface area contributed by atoms with Crippen LogP contribution in [0.4, 0.5) is 0 Å². The molecule has 1 fully saturated rings. The fourth-order valence-corrected chi connectivity index (χ4v) is 3.54. The molecule has 1 unspecified atom stereocenters. The summed E-state index contributed by atoms with van der Waals surface area (Å²) in [5.74, 6) is 1.97. The van der Waals surface area contributed by atoms with Gasteiger partial charge in [-0.15, -0.1) is 10.2 Å². The van der Waals surface area contributed by atoms with Crippen LogP contribution in [-0.4, -0.2) is 66.4 Å². The van der Waals surface area contributed by atoms with E-state index in [0.717, 1.165) is 42.9 Å². The smallest absolute Gasteiger partial charge is 0.191 e. The first kappa shape index (κ1) is 16.7. The summed E-state index contributed by atoms with van der Waals surface area (Å²) in [7, 11) is 5.63. The lowest BCUT2D eigenvalue weighted by Gasteiger charge is -2.31. The Bertz CT molecular complexity index is 427. The predicted octanol–water partition coefficient (Wildman–Crippen LogP) is 1.82. The Hall–Kier alpha value is -0.630. The molecule has 6 nitrogen and oxygen atoms in total. The normalized spacial score (nSPS) is 20.0. The number of nitrogens with zero attached hydrogens (tertiary/aromatic N) is 4. The Morgan fingerprint density at radius 1 is 1.19 bits per heavy atom. The second-order valence-corrected chi connectivity index (χ2v) is 6.38. The minimum absolute atomic E-state index is 0.375. The predicted molar refractivity (Wildman–Crippen MR) is 83.7 cm³/mol. The van der Waals surface area contributed by atoms with Crippen molar-refractivity contribution in [2.24, 2.45) is 0 Å². The van der Waals surface area contributed by atoms with E-state index in [0.29, 0.717) is 12.6 Å². The number of rotatable bonds is 8. The van der Waals surface area contributed by atoms with Gasteiger partial charge in [0.25, 0.3) is 0 Å². The van der Waals surface area contributed by atoms with Crippen molar-refractivity contribution in [1.82, 2.24) is 19.7 Å². The lowest BCUT2D eigenvalue weighted by molar-refractivity contribution is 0.160. The van der Waals surface area contributed by atoms with Gasteiger partial charge >= 0.3 is 0 Å². The van der Waals surface area contributed by atoms with Crippen molar-refractivity contribution < 1.29 is 9.47 Å². The Morgan fingerprint density at radius 2 is 2.00 bits per heavy atom. The maximum atomic E-state index is 5.24. The summed E-state index contributed by atoms with van der Waals surface area (Å²) in [6.07, 6.45) is 3.69. The number of aromatic nitrogens is 3. The highest BCUT2D eigenvalue weighted by Gasteiger charge is 2.27. The molecule has 0 aromatic carbocycles. The molecule has 2 heterocycles. The van der Waals surface area contributed by atoms with E-state index in [1.54, 1.807) is 26.0 Å². The molecule has 1 atom stereocenters. The quantitative estimate of drug-likeness (QED) is 0.539. The molecule has 0 aliphatic carbocycles. The lowest BCUT2D eigenvalue weighted by atomic mass is 10.0. The van der Waals surface area contributed by atoms with Crippen LogP contribution in [0, 0.1) is 0 Å². The van der Waals surface area contributed by atoms with Gasteiger partial charge in [0.2, 0.25) is 0 Å². The molecular weight excluding hydrogens is 288 g/mol. The number of piperidine rings is 1. The summed E-state index contributed by atoms with van der Waals surface area (Å²) in [6.45, 7) is 3.34. The molecule has 120 valence electrons. The Morgan fingerprint density at radius 3 is 2.71 bits per heavy atom. The van der Waals surface area contributed by atoms with Crippen LogP contribution in [0.3, 0.4) is 0 Å². The van der Waals surface area contributed by atoms with Crippen LogP contribution in [0.15, 0.2) is 5.16 Å². The van der Waals surface area contributed by atoms with Crippen molar-refractivity contribution in [2.45, 2.75) is 37.0 Å². The minimum atomic E-state index is 0.375. The molecule has 0 saturated carbocycles. The van der Waals surface area contributed by atoms with Gasteiger partial charge in [0.05, 0.1) is 19.3 Å². The second-order valence-electron chi connectivity index (χ2n) is 5.32. The van der Waals surface area contributed by atoms with Crippen molar-refractivity contribution in [3.05, 3.63) is 5.82 Å². The summed E-state index contributed by atoms with van der Waals surface area (Å²) in [5, 5.41) is 9.84. The van der Waals surface area contributed by atoms with Gasteiger partial charge in [-0.05, 0) is 26.4 Å². The molecule has 7 heteroatoms. The number of methoxy groups -OCH3 is 2. The zero-order chi connectivity index (χ0) is 15.1. The molecule has 0 N–H and O–H groups in total. The first-order valence-corrected chi connectivity index (χ1v) is 8.50. The molecule has 1 saturated heterocycles. The number of thioether (sulfide) groups is 1. The summed E-state index contributed by atoms with van der Waals surface area (Å²) in [5.41, 5.74) is 0. The molecule has 1 aromatic heterocycles. The fraction of sp³-hybridized carbons (Fsp3) is 0.857. The number of hydrogen-bond donors (Lipinski definition) is 0. The zero-order valence-corrected chi connectivity index (χ0v) is 14.1. The monoisotopic (exact) mass is 314 g/mol. The van der Waals surface area contributed by atoms with Crippen LogP contribution in [-0.2, 0) is 16.0 Å². The van der Waals surface area contributed by atoms with E-state index in [1.807, 2.05) is 0 Å². The lowest BCUT2D eigenvalue weighted by Crippen LogP contribution is -2.32. The van der Waals surface area contributed by atoms with Gasteiger partial charge in [-0.3, -0.25) is 4.90 Å². The van der Waals surface area contributed by atoms with Gasteiger partial charge in [0.15, 0.2) is 11.0 Å². The number of likely N-dealkylation sites (tertiary alicyclic amines) is 1. The highest BCUT2D eigenvalue weighted by atomic mass is 32.2. The highest BCUT2D eigenvalue weighted by molar-refractivity contribution is 7.99. The molecule has 0 amide bonds. The minimum Gasteiger partial charge on any atom is -0.384 e. The number of ether oxygens (including phenoxy) is 2. The Labute approximate surface area is 131 Å². The van der Waals surface area contributed by atoms with Gasteiger partial charge in [-0.2, -0.15) is 0 Å². The SMILES string of the molecule is COCCSc1nnc(C2CCCCN2C)n1CCOC. The second kappa shape index (κ2) is 8.73. The van der Waals surface area contributed by atoms with Gasteiger partial charge in [0.1, 0.15) is 0 Å². The molecule has 2 rings (SSSR count). The van der Waals surface area contributed by atoms with E-state index in [9.17, 15) is 0 Å². The summed E-state index contributed by atoms with van der Waals surface area (Å²) >= 11 is 1.70. The van der Waals surface area contributed by atoms with Gasteiger partial charge in [-0.1, -0.05) is 18.2 Å². The van der Waals surface area contributed by atoms with Crippen molar-refractivity contribution in [3.8, 4) is 0 Å². The van der Waals surface area contributed by atoms with Crippen molar-refractivity contribution in [2.75, 3.05) is 46.8 Å². The number of hydrogen-bond acceptors (Lipinski definition) is 6. The topological polar surface area (TPSA) is 52.4 Å². The Balaban J connectivity index is 2.14. The van der Waals surface area contributed by atoms with E-state index in [4.69, 9.17) is 9.47 Å². The third-order valence-electron chi connectivity index (χ3n) is 3.85. The maximum absolute atomic E-state index is 5.24. The van der Waals surface area contributed by atoms with E-state index in [-0.39, 0.29) is 0 Å². The molecule has 21 heavy (non-hydrogen) atoms. The van der Waals surface area contributed by atoms with Crippen LogP contribution in [0.2, 0.25) is 0 Å². The van der Waals surface area contributed by atoms with Crippen molar-refractivity contribution in [3.63, 3.8) is 0 Å². The molecule has 0 bridgehead atoms. The van der Waals surface area contributed by atoms with E-state index in [1.165, 1.54) is 12.8 Å². The largest absolute Gasteiger partial charge is 0.384 e. The Kier molecular flexibility index (Phi) is 6.95. The van der Waals surface area contributed by atoms with Gasteiger partial charge in [-0.25, -0.2) is 0 Å². The molecule has 0 spiro atoms. The van der Waals surface area contributed by atoms with Crippen molar-refractivity contribution in [1.29, 1.82) is 0 Å². The van der Waals surface area contributed by atoms with Crippen LogP contribution in [0.25, 0.3) is 0 Å². The van der Waals surface area contributed by atoms with Crippen LogP contribution in [0.1, 0.15) is 31.1 Å². The standard InChI is InChI=1S/C14H26N4O2S/c1-17-7-5-4-6-12(17)13-15-16-14(21-11-10-20-3)18(13)8-9-19-2/h12H,4-11H2,1-3H3. The third kappa shape index (κ3) is 4.42. The third-order valence-corrected chi connectivity index (χ3v) is 4.78. The summed E-state index contributed by atoms with van der Waals surface area (Å²) in [4.78, 5) is 2.39. The van der Waals surface area contributed by atoms with E-state index >= 15 is 0 Å². The molecule has 0 radical (unpaired) electrons. The van der Waals surface area contributed by atoms with E-state index < -0.39 is 0 Å². The van der Waals surface area contributed by atoms with E-state index in [2.05, 4.69) is 26.7 Å². The van der Waals surface area contributed by atoms with Crippen LogP contribution >= 0.6 is 11.8 Å². The van der Waals surface area contributed by atoms with Crippen LogP contribution < -0.4 is 0 Å². The first-order valence-electron chi connectivity index (χ1n) is 7.52. The molecule has 1 aliphatic heterocycles. The fourth-order valence-electron chi connectivity index (χ4n) is 2.66. The molecular formula is C14H26N4O2S. The maximum Gasteiger partial charge on any atom is 0.191 e. The highest BCUT2D eigenvalue weighted by Crippen LogP contribution is 2.30.